The van der Waals surface area contributed by atoms with E-state index < -0.39 is 0 Å². The van der Waals surface area contributed by atoms with Crippen molar-refractivity contribution in [2.45, 2.75) is 13.5 Å². The van der Waals surface area contributed by atoms with Gasteiger partial charge in [-0.3, -0.25) is 4.68 Å². The fourth-order valence-corrected chi connectivity index (χ4v) is 2.09. The molecule has 84 valence electrons. The number of nitrogens with two attached hydrogens (primary N) is 1. The first-order valence-corrected chi connectivity index (χ1v) is 5.66. The van der Waals surface area contributed by atoms with E-state index in [0.717, 1.165) is 42.3 Å². The monoisotopic (exact) mass is 216 g/mol. The van der Waals surface area contributed by atoms with Crippen LogP contribution in [0, 0.1) is 12.8 Å². The van der Waals surface area contributed by atoms with Crippen molar-refractivity contribution in [3.05, 3.63) is 23.9 Å². The molecule has 2 heterocycles. The maximum atomic E-state index is 5.87. The van der Waals surface area contributed by atoms with Gasteiger partial charge in [0.05, 0.1) is 5.52 Å². The summed E-state index contributed by atoms with van der Waals surface area (Å²) >= 11 is 0. The summed E-state index contributed by atoms with van der Waals surface area (Å²) < 4.78 is 2.04. The predicted octanol–water partition coefficient (Wildman–Crippen LogP) is 1.15. The zero-order valence-corrected chi connectivity index (χ0v) is 9.40. The molecule has 1 aromatic heterocycles. The molecule has 4 heteroatoms. The van der Waals surface area contributed by atoms with Crippen molar-refractivity contribution in [2.75, 3.05) is 18.8 Å². The third kappa shape index (κ3) is 1.55. The molecule has 0 atom stereocenters. The second-order valence-electron chi connectivity index (χ2n) is 4.64. The topological polar surface area (TPSA) is 55.9 Å². The number of nitrogen functional groups attached to an aromatic ring is 1. The lowest BCUT2D eigenvalue weighted by Crippen LogP contribution is -2.44. The molecule has 3 rings (SSSR count). The van der Waals surface area contributed by atoms with E-state index in [4.69, 9.17) is 5.73 Å². The molecule has 0 bridgehead atoms. The average Bonchev–Trinajstić information content (AvgIpc) is 2.54. The molecular formula is C12H16N4. The maximum Gasteiger partial charge on any atom is 0.0943 e. The van der Waals surface area contributed by atoms with E-state index in [1.54, 1.807) is 0 Å². The molecule has 1 saturated heterocycles. The van der Waals surface area contributed by atoms with Gasteiger partial charge in [-0.05, 0) is 24.6 Å². The molecule has 0 radical (unpaired) electrons. The second kappa shape index (κ2) is 3.49. The number of nitrogens with zero attached hydrogens (tertiary/aromatic N) is 2. The summed E-state index contributed by atoms with van der Waals surface area (Å²) in [6, 6.07) is 4.06. The number of anilines is 1. The Labute approximate surface area is 94.4 Å². The molecule has 4 nitrogen and oxygen atoms in total. The van der Waals surface area contributed by atoms with Crippen LogP contribution >= 0.6 is 0 Å². The molecule has 16 heavy (non-hydrogen) atoms. The van der Waals surface area contributed by atoms with Gasteiger partial charge in [0, 0.05) is 42.8 Å². The summed E-state index contributed by atoms with van der Waals surface area (Å²) in [5, 5.41) is 9.00. The van der Waals surface area contributed by atoms with E-state index in [9.17, 15) is 0 Å². The number of nitrogens with one attached hydrogen (secondary N) is 1. The van der Waals surface area contributed by atoms with Crippen LogP contribution in [0.1, 0.15) is 5.56 Å². The van der Waals surface area contributed by atoms with E-state index in [1.165, 1.54) is 5.39 Å². The Morgan fingerprint density at radius 2 is 2.31 bits per heavy atom. The average molecular weight is 216 g/mol. The predicted molar refractivity (Wildman–Crippen MR) is 65.2 cm³/mol. The molecule has 3 N–H and O–H groups in total. The van der Waals surface area contributed by atoms with Crippen molar-refractivity contribution in [1.82, 2.24) is 15.1 Å². The number of fused-ring (bicyclic) bond motifs is 1. The zero-order valence-electron chi connectivity index (χ0n) is 9.40. The maximum absolute atomic E-state index is 5.87. The summed E-state index contributed by atoms with van der Waals surface area (Å²) in [5.41, 5.74) is 8.82. The highest BCUT2D eigenvalue weighted by atomic mass is 15.3. The smallest absolute Gasteiger partial charge is 0.0943 e. The molecule has 0 amide bonds. The molecular weight excluding hydrogens is 200 g/mol. The summed E-state index contributed by atoms with van der Waals surface area (Å²) in [7, 11) is 0. The van der Waals surface area contributed by atoms with Crippen LogP contribution in [0.15, 0.2) is 18.3 Å². The Bertz CT molecular complexity index is 486. The minimum Gasteiger partial charge on any atom is -0.398 e. The van der Waals surface area contributed by atoms with Gasteiger partial charge < -0.3 is 11.1 Å². The lowest BCUT2D eigenvalue weighted by Gasteiger charge is -2.26. The molecule has 0 unspecified atom stereocenters. The third-order valence-corrected chi connectivity index (χ3v) is 3.25. The number of aryl methyl sites for hydroxylation is 1. The number of aromatic nitrogens is 2. The van der Waals surface area contributed by atoms with Gasteiger partial charge in [0.25, 0.3) is 0 Å². The SMILES string of the molecule is Cc1cc2cn(CC3CNC3)nc2cc1N. The number of rotatable bonds is 2. The lowest BCUT2D eigenvalue weighted by atomic mass is 10.0. The molecule has 0 saturated carbocycles. The van der Waals surface area contributed by atoms with E-state index in [-0.39, 0.29) is 0 Å². The Kier molecular flexibility index (Phi) is 2.11. The Morgan fingerprint density at radius 3 is 3.00 bits per heavy atom. The Hall–Kier alpha value is -1.55. The minimum atomic E-state index is 0.729. The number of hydrogen-bond donors (Lipinski definition) is 2. The molecule has 0 spiro atoms. The van der Waals surface area contributed by atoms with Gasteiger partial charge >= 0.3 is 0 Å². The van der Waals surface area contributed by atoms with Crippen molar-refractivity contribution in [1.29, 1.82) is 0 Å². The van der Waals surface area contributed by atoms with Crippen LogP contribution in [0.5, 0.6) is 0 Å². The highest BCUT2D eigenvalue weighted by molar-refractivity contribution is 5.82. The van der Waals surface area contributed by atoms with Gasteiger partial charge in [-0.2, -0.15) is 5.10 Å². The van der Waals surface area contributed by atoms with E-state index in [1.807, 2.05) is 17.7 Å². The summed E-state index contributed by atoms with van der Waals surface area (Å²) in [5.74, 6) is 0.729. The first-order chi connectivity index (χ1) is 7.72. The molecule has 1 aromatic carbocycles. The van der Waals surface area contributed by atoms with Gasteiger partial charge in [0.2, 0.25) is 0 Å². The molecule has 1 fully saturated rings. The minimum absolute atomic E-state index is 0.729. The van der Waals surface area contributed by atoms with E-state index in [2.05, 4.69) is 22.7 Å². The Balaban J connectivity index is 1.95. The zero-order chi connectivity index (χ0) is 11.1. The fourth-order valence-electron chi connectivity index (χ4n) is 2.09. The second-order valence-corrected chi connectivity index (χ2v) is 4.64. The highest BCUT2D eigenvalue weighted by Gasteiger charge is 2.17. The first-order valence-electron chi connectivity index (χ1n) is 5.66. The van der Waals surface area contributed by atoms with Crippen LogP contribution < -0.4 is 11.1 Å². The molecule has 0 aliphatic carbocycles. The number of benzene rings is 1. The molecule has 2 aromatic rings. The summed E-state index contributed by atoms with van der Waals surface area (Å²) in [4.78, 5) is 0. The summed E-state index contributed by atoms with van der Waals surface area (Å²) in [6.45, 7) is 5.25. The van der Waals surface area contributed by atoms with Gasteiger partial charge in [-0.15, -0.1) is 0 Å². The number of hydrogen-bond acceptors (Lipinski definition) is 3. The molecule has 1 aliphatic rings. The van der Waals surface area contributed by atoms with Gasteiger partial charge in [-0.1, -0.05) is 0 Å². The van der Waals surface area contributed by atoms with Crippen LogP contribution in [0.25, 0.3) is 10.9 Å². The van der Waals surface area contributed by atoms with Crippen molar-refractivity contribution in [3.8, 4) is 0 Å². The van der Waals surface area contributed by atoms with E-state index >= 15 is 0 Å². The highest BCUT2D eigenvalue weighted by Crippen LogP contribution is 2.20. The quantitative estimate of drug-likeness (QED) is 0.740. The lowest BCUT2D eigenvalue weighted by molar-refractivity contribution is 0.296. The molecule has 1 aliphatic heterocycles. The third-order valence-electron chi connectivity index (χ3n) is 3.25. The van der Waals surface area contributed by atoms with E-state index in [0.29, 0.717) is 0 Å². The van der Waals surface area contributed by atoms with Crippen LogP contribution in [-0.4, -0.2) is 22.9 Å². The Morgan fingerprint density at radius 1 is 1.50 bits per heavy atom. The van der Waals surface area contributed by atoms with Crippen LogP contribution in [-0.2, 0) is 6.54 Å². The van der Waals surface area contributed by atoms with Crippen molar-refractivity contribution in [2.24, 2.45) is 5.92 Å². The van der Waals surface area contributed by atoms with Gasteiger partial charge in [0.15, 0.2) is 0 Å². The van der Waals surface area contributed by atoms with Crippen LogP contribution in [0.2, 0.25) is 0 Å². The van der Waals surface area contributed by atoms with Crippen molar-refractivity contribution < 1.29 is 0 Å². The van der Waals surface area contributed by atoms with Crippen molar-refractivity contribution >= 4 is 16.6 Å². The standard InChI is InChI=1S/C12H16N4/c1-8-2-10-7-16(6-9-4-14-5-9)15-12(10)3-11(8)13/h2-3,7,9,14H,4-6,13H2,1H3. The normalized spacial score (nSPS) is 16.6. The van der Waals surface area contributed by atoms with Gasteiger partial charge in [0.1, 0.15) is 0 Å². The van der Waals surface area contributed by atoms with Gasteiger partial charge in [-0.25, -0.2) is 0 Å². The van der Waals surface area contributed by atoms with Crippen LogP contribution in [0.3, 0.4) is 0 Å². The summed E-state index contributed by atoms with van der Waals surface area (Å²) in [6.07, 6.45) is 2.11. The largest absolute Gasteiger partial charge is 0.398 e. The first kappa shape index (κ1) is 9.66. The van der Waals surface area contributed by atoms with Crippen molar-refractivity contribution in [3.63, 3.8) is 0 Å². The van der Waals surface area contributed by atoms with Crippen LogP contribution in [0.4, 0.5) is 5.69 Å². The fraction of sp³-hybridized carbons (Fsp3) is 0.417.